The van der Waals surface area contributed by atoms with E-state index in [1.165, 1.54) is 0 Å². The lowest BCUT2D eigenvalue weighted by molar-refractivity contribution is 1.22. The van der Waals surface area contributed by atoms with Crippen LogP contribution in [0.1, 0.15) is 0 Å². The average molecular weight is 118 g/mol. The van der Waals surface area contributed by atoms with E-state index in [4.69, 9.17) is 0 Å². The fraction of sp³-hybridized carbons (Fsp3) is 1.00. The molecule has 40 valence electrons. The van der Waals surface area contributed by atoms with Gasteiger partial charge >= 0.3 is 0 Å². The Balaban J connectivity index is 2.98. The molecule has 0 aromatic carbocycles. The van der Waals surface area contributed by atoms with Crippen LogP contribution < -0.4 is 0 Å². The maximum absolute atomic E-state index is 3.44. The van der Waals surface area contributed by atoms with Crippen LogP contribution in [0.3, 0.4) is 0 Å². The molecule has 0 aliphatic rings. The summed E-state index contributed by atoms with van der Waals surface area (Å²) in [5, 5.41) is 6.81. The zero-order chi connectivity index (χ0) is 5.54. The normalized spacial score (nSPS) is 11.7. The van der Waals surface area contributed by atoms with Crippen LogP contribution in [0, 0.1) is 0 Å². The second kappa shape index (κ2) is 5.55. The Morgan fingerprint density at radius 1 is 1.00 bits per heavy atom. The minimum Gasteiger partial charge on any atom is -0.183 e. The molecule has 0 amide bonds. The monoisotopic (exact) mass is 118 g/mol. The minimum absolute atomic E-state index is 0.970. The molecule has 0 aliphatic heterocycles. The van der Waals surface area contributed by atoms with Gasteiger partial charge in [-0.15, -0.1) is 0 Å². The summed E-state index contributed by atoms with van der Waals surface area (Å²) in [5.74, 6) is 0. The van der Waals surface area contributed by atoms with Crippen molar-refractivity contribution < 1.29 is 0 Å². The highest BCUT2D eigenvalue weighted by Crippen LogP contribution is 2.01. The average Bonchev–Trinajstić information content (AvgIpc) is 1.69. The summed E-state index contributed by atoms with van der Waals surface area (Å²) in [6.07, 6.45) is 0. The van der Waals surface area contributed by atoms with Crippen molar-refractivity contribution in [3.8, 4) is 0 Å². The third-order valence-corrected chi connectivity index (χ3v) is 0.709. The van der Waals surface area contributed by atoms with Gasteiger partial charge in [0, 0.05) is 14.1 Å². The van der Waals surface area contributed by atoms with Crippen LogP contribution in [0.4, 0.5) is 0 Å². The Hall–Kier alpha value is -0.450. The molecule has 0 aliphatic carbocycles. The van der Waals surface area contributed by atoms with Crippen molar-refractivity contribution in [3.05, 3.63) is 0 Å². The molecule has 0 rings (SSSR count). The van der Waals surface area contributed by atoms with Gasteiger partial charge in [-0.05, 0) is 0 Å². The predicted octanol–water partition coefficient (Wildman–Crippen LogP) is 1.71. The van der Waals surface area contributed by atoms with E-state index in [1.54, 1.807) is 14.1 Å². The van der Waals surface area contributed by atoms with E-state index in [9.17, 15) is 0 Å². The predicted molar refractivity (Wildman–Crippen MR) is 29.2 cm³/mol. The Kier molecular flexibility index (Phi) is 5.19. The maximum atomic E-state index is 3.44. The molecule has 0 radical (unpaired) electrons. The second-order valence-electron chi connectivity index (χ2n) is 0.645. The molecule has 0 unspecified atom stereocenters. The molecule has 5 heteroatoms. The van der Waals surface area contributed by atoms with Crippen LogP contribution in [0.2, 0.25) is 0 Å². The highest BCUT2D eigenvalue weighted by molar-refractivity contribution is 7.96. The third kappa shape index (κ3) is 5.55. The molecule has 0 fully saturated rings. The Bertz CT molecular complexity index is 67.8. The molecule has 0 spiro atoms. The summed E-state index contributed by atoms with van der Waals surface area (Å²) in [5.41, 5.74) is 0. The second-order valence-corrected chi connectivity index (χ2v) is 1.13. The molecule has 0 atom stereocenters. The quantitative estimate of drug-likeness (QED) is 0.402. The van der Waals surface area contributed by atoms with Crippen LogP contribution >= 0.6 is 12.1 Å². The first-order valence-corrected chi connectivity index (χ1v) is 2.39. The van der Waals surface area contributed by atoms with Gasteiger partial charge in [-0.3, -0.25) is 0 Å². The number of rotatable bonds is 2. The van der Waals surface area contributed by atoms with Gasteiger partial charge in [0.2, 0.25) is 0 Å². The maximum Gasteiger partial charge on any atom is 0.159 e. The molecular weight excluding hydrogens is 112 g/mol. The zero-order valence-corrected chi connectivity index (χ0v) is 5.01. The van der Waals surface area contributed by atoms with Crippen molar-refractivity contribution >= 4 is 12.1 Å². The Morgan fingerprint density at radius 3 is 1.71 bits per heavy atom. The Morgan fingerprint density at radius 2 is 1.43 bits per heavy atom. The summed E-state index contributed by atoms with van der Waals surface area (Å²) in [7, 11) is 3.16. The van der Waals surface area contributed by atoms with E-state index in [1.807, 2.05) is 0 Å². The van der Waals surface area contributed by atoms with Crippen molar-refractivity contribution in [2.75, 3.05) is 14.1 Å². The fourth-order valence-corrected chi connectivity index (χ4v) is 0.268. The Labute approximate surface area is 46.4 Å². The number of hydrogen-bond donors (Lipinski definition) is 0. The van der Waals surface area contributed by atoms with Gasteiger partial charge < -0.3 is 0 Å². The molecule has 0 saturated carbocycles. The van der Waals surface area contributed by atoms with Crippen LogP contribution in [0.5, 0.6) is 0 Å². The molecule has 0 saturated heterocycles. The summed E-state index contributed by atoms with van der Waals surface area (Å²) in [6.45, 7) is 0. The SMILES string of the molecule is CN=NSN=NC. The van der Waals surface area contributed by atoms with Gasteiger partial charge in [0.05, 0.1) is 0 Å². The molecule has 0 N–H and O–H groups in total. The van der Waals surface area contributed by atoms with Gasteiger partial charge in [0.1, 0.15) is 0 Å². The van der Waals surface area contributed by atoms with Gasteiger partial charge in [0.25, 0.3) is 0 Å². The summed E-state index contributed by atoms with van der Waals surface area (Å²) >= 11 is 0.970. The highest BCUT2D eigenvalue weighted by atomic mass is 32.2. The number of hydrogen-bond acceptors (Lipinski definition) is 5. The number of nitrogens with zero attached hydrogens (tertiary/aromatic N) is 4. The van der Waals surface area contributed by atoms with E-state index in [2.05, 4.69) is 19.3 Å². The van der Waals surface area contributed by atoms with Gasteiger partial charge in [0.15, 0.2) is 12.1 Å². The lowest BCUT2D eigenvalue weighted by atomic mass is 11.6. The standard InChI is InChI=1S/C2H6N4S/c1-3-5-7-6-4-2/h1-2H3. The largest absolute Gasteiger partial charge is 0.183 e. The lowest BCUT2D eigenvalue weighted by Gasteiger charge is -1.70. The van der Waals surface area contributed by atoms with E-state index < -0.39 is 0 Å². The molecule has 0 aromatic heterocycles. The van der Waals surface area contributed by atoms with E-state index >= 15 is 0 Å². The van der Waals surface area contributed by atoms with E-state index in [0.717, 1.165) is 12.1 Å². The van der Waals surface area contributed by atoms with E-state index in [0.29, 0.717) is 0 Å². The first-order chi connectivity index (χ1) is 3.41. The van der Waals surface area contributed by atoms with Gasteiger partial charge in [-0.2, -0.15) is 10.2 Å². The van der Waals surface area contributed by atoms with Crippen molar-refractivity contribution in [1.29, 1.82) is 0 Å². The fourth-order valence-electron chi connectivity index (χ4n) is 0.0894. The summed E-state index contributed by atoms with van der Waals surface area (Å²) < 4.78 is 6.89. The molecule has 0 aromatic rings. The van der Waals surface area contributed by atoms with Crippen LogP contribution in [-0.2, 0) is 0 Å². The van der Waals surface area contributed by atoms with Crippen molar-refractivity contribution in [3.63, 3.8) is 0 Å². The molecule has 0 heterocycles. The van der Waals surface area contributed by atoms with Crippen LogP contribution in [0.15, 0.2) is 19.3 Å². The third-order valence-electron chi connectivity index (χ3n) is 0.236. The van der Waals surface area contributed by atoms with Crippen molar-refractivity contribution in [1.82, 2.24) is 0 Å². The highest BCUT2D eigenvalue weighted by Gasteiger charge is 1.66. The summed E-state index contributed by atoms with van der Waals surface area (Å²) in [6, 6.07) is 0. The molecule has 4 nitrogen and oxygen atoms in total. The smallest absolute Gasteiger partial charge is 0.159 e. The van der Waals surface area contributed by atoms with Crippen molar-refractivity contribution in [2.24, 2.45) is 19.3 Å². The molecule has 0 bridgehead atoms. The van der Waals surface area contributed by atoms with Crippen LogP contribution in [-0.4, -0.2) is 14.1 Å². The molecule has 7 heavy (non-hydrogen) atoms. The van der Waals surface area contributed by atoms with Gasteiger partial charge in [-0.1, -0.05) is 9.04 Å². The minimum atomic E-state index is 0.970. The first kappa shape index (κ1) is 6.55. The first-order valence-electron chi connectivity index (χ1n) is 1.66. The van der Waals surface area contributed by atoms with Gasteiger partial charge in [-0.25, -0.2) is 0 Å². The lowest BCUT2D eigenvalue weighted by Crippen LogP contribution is -1.42. The van der Waals surface area contributed by atoms with Crippen LogP contribution in [0.25, 0.3) is 0 Å². The molecular formula is C2H6N4S. The summed E-state index contributed by atoms with van der Waals surface area (Å²) in [4.78, 5) is 0. The topological polar surface area (TPSA) is 49.4 Å². The van der Waals surface area contributed by atoms with Crippen molar-refractivity contribution in [2.45, 2.75) is 0 Å². The zero-order valence-electron chi connectivity index (χ0n) is 4.20. The van der Waals surface area contributed by atoms with E-state index in [-0.39, 0.29) is 0 Å².